The maximum atomic E-state index is 5.29. The molecule has 0 bridgehead atoms. The van der Waals surface area contributed by atoms with E-state index in [0.29, 0.717) is 6.04 Å². The van der Waals surface area contributed by atoms with Crippen LogP contribution < -0.4 is 5.32 Å². The monoisotopic (exact) mass is 198 g/mol. The van der Waals surface area contributed by atoms with Crippen molar-refractivity contribution in [2.45, 2.75) is 13.0 Å². The number of terminal acetylenes is 1. The minimum Gasteiger partial charge on any atom is -0.311 e. The van der Waals surface area contributed by atoms with Gasteiger partial charge in [-0.15, -0.1) is 6.42 Å². The molecule has 1 N–H and O–H groups in total. The highest BCUT2D eigenvalue weighted by Crippen LogP contribution is 2.08. The van der Waals surface area contributed by atoms with E-state index in [1.54, 1.807) is 0 Å². The van der Waals surface area contributed by atoms with Crippen molar-refractivity contribution in [3.05, 3.63) is 0 Å². The zero-order chi connectivity index (χ0) is 9.52. The molecule has 2 nitrogen and oxygen atoms in total. The van der Waals surface area contributed by atoms with Gasteiger partial charge in [0.05, 0.1) is 6.54 Å². The largest absolute Gasteiger partial charge is 0.311 e. The maximum absolute atomic E-state index is 5.29. The molecule has 1 heterocycles. The first kappa shape index (κ1) is 10.9. The van der Waals surface area contributed by atoms with Gasteiger partial charge < -0.3 is 5.32 Å². The van der Waals surface area contributed by atoms with Crippen LogP contribution in [0.25, 0.3) is 0 Å². The Labute approximate surface area is 85.4 Å². The van der Waals surface area contributed by atoms with Gasteiger partial charge in [-0.1, -0.05) is 12.8 Å². The van der Waals surface area contributed by atoms with Gasteiger partial charge in [-0.25, -0.2) is 0 Å². The summed E-state index contributed by atoms with van der Waals surface area (Å²) in [7, 11) is 0. The molecule has 1 aliphatic heterocycles. The Balaban J connectivity index is 2.23. The highest BCUT2D eigenvalue weighted by molar-refractivity contribution is 7.99. The second kappa shape index (κ2) is 6.31. The van der Waals surface area contributed by atoms with Gasteiger partial charge >= 0.3 is 0 Å². The first-order chi connectivity index (χ1) is 6.36. The molecule has 3 heteroatoms. The molecule has 1 saturated heterocycles. The van der Waals surface area contributed by atoms with Crippen molar-refractivity contribution < 1.29 is 0 Å². The number of nitrogens with zero attached hydrogens (tertiary/aromatic N) is 1. The summed E-state index contributed by atoms with van der Waals surface area (Å²) in [6.45, 7) is 6.22. The van der Waals surface area contributed by atoms with Gasteiger partial charge in [-0.05, 0) is 6.54 Å². The van der Waals surface area contributed by atoms with Crippen LogP contribution >= 0.6 is 11.8 Å². The van der Waals surface area contributed by atoms with E-state index in [1.807, 2.05) is 11.8 Å². The topological polar surface area (TPSA) is 15.3 Å². The fourth-order valence-corrected chi connectivity index (χ4v) is 2.42. The van der Waals surface area contributed by atoms with E-state index >= 15 is 0 Å². The summed E-state index contributed by atoms with van der Waals surface area (Å²) in [4.78, 5) is 2.31. The van der Waals surface area contributed by atoms with E-state index in [0.717, 1.165) is 26.2 Å². The van der Waals surface area contributed by atoms with E-state index < -0.39 is 0 Å². The van der Waals surface area contributed by atoms with Crippen LogP contribution in [-0.2, 0) is 0 Å². The third kappa shape index (κ3) is 4.04. The van der Waals surface area contributed by atoms with Gasteiger partial charge in [-0.3, -0.25) is 4.90 Å². The summed E-state index contributed by atoms with van der Waals surface area (Å²) in [5, 5.41) is 3.51. The molecule has 0 radical (unpaired) electrons. The number of nitrogens with one attached hydrogen (secondary N) is 1. The quantitative estimate of drug-likeness (QED) is 0.668. The number of thioether (sulfide) groups is 1. The van der Waals surface area contributed by atoms with Crippen LogP contribution in [0.15, 0.2) is 0 Å². The third-order valence-electron chi connectivity index (χ3n) is 2.24. The van der Waals surface area contributed by atoms with Crippen LogP contribution in [-0.4, -0.2) is 48.6 Å². The lowest BCUT2D eigenvalue weighted by Gasteiger charge is -2.28. The van der Waals surface area contributed by atoms with Crippen LogP contribution in [0.5, 0.6) is 0 Å². The molecule has 0 spiro atoms. The molecule has 13 heavy (non-hydrogen) atoms. The van der Waals surface area contributed by atoms with Crippen LogP contribution in [0.4, 0.5) is 0 Å². The lowest BCUT2D eigenvalue weighted by Crippen LogP contribution is -2.46. The first-order valence-corrected chi connectivity index (χ1v) is 5.99. The highest BCUT2D eigenvalue weighted by atomic mass is 32.2. The lowest BCUT2D eigenvalue weighted by molar-refractivity contribution is 0.289. The molecule has 0 aromatic carbocycles. The Morgan fingerprint density at radius 1 is 1.69 bits per heavy atom. The summed E-state index contributed by atoms with van der Waals surface area (Å²) < 4.78 is 0. The molecule has 1 unspecified atom stereocenters. The summed E-state index contributed by atoms with van der Waals surface area (Å²) in [5.74, 6) is 5.17. The minimum absolute atomic E-state index is 0.632. The van der Waals surface area contributed by atoms with E-state index in [9.17, 15) is 0 Å². The Morgan fingerprint density at radius 2 is 2.54 bits per heavy atom. The molecule has 74 valence electrons. The molecule has 0 amide bonds. The van der Waals surface area contributed by atoms with Crippen molar-refractivity contribution in [2.75, 3.05) is 37.7 Å². The van der Waals surface area contributed by atoms with E-state index in [4.69, 9.17) is 6.42 Å². The van der Waals surface area contributed by atoms with Crippen LogP contribution in [0.1, 0.15) is 6.92 Å². The standard InChI is InChI=1S/C10H18N2S/c1-3-6-12(4-2)8-10-9-13-7-5-11-10/h1,10-11H,4-9H2,2H3. The molecule has 1 atom stereocenters. The average molecular weight is 198 g/mol. The fraction of sp³-hybridized carbons (Fsp3) is 0.800. The van der Waals surface area contributed by atoms with E-state index in [2.05, 4.69) is 23.1 Å². The molecule has 0 aromatic heterocycles. The van der Waals surface area contributed by atoms with Crippen molar-refractivity contribution in [1.82, 2.24) is 10.2 Å². The smallest absolute Gasteiger partial charge is 0.0599 e. The predicted molar refractivity (Wildman–Crippen MR) is 60.1 cm³/mol. The normalized spacial score (nSPS) is 23.0. The lowest BCUT2D eigenvalue weighted by atomic mass is 10.3. The van der Waals surface area contributed by atoms with Crippen molar-refractivity contribution in [3.8, 4) is 12.3 Å². The molecule has 0 saturated carbocycles. The molecular weight excluding hydrogens is 180 g/mol. The Bertz CT molecular complexity index is 170. The van der Waals surface area contributed by atoms with Gasteiger partial charge in [0.1, 0.15) is 0 Å². The molecule has 0 aliphatic carbocycles. The van der Waals surface area contributed by atoms with E-state index in [1.165, 1.54) is 11.5 Å². The van der Waals surface area contributed by atoms with Gasteiger partial charge in [0.25, 0.3) is 0 Å². The van der Waals surface area contributed by atoms with Crippen molar-refractivity contribution >= 4 is 11.8 Å². The summed E-state index contributed by atoms with van der Waals surface area (Å²) in [6, 6.07) is 0.632. The number of likely N-dealkylation sites (N-methyl/N-ethyl adjacent to an activating group) is 1. The number of rotatable bonds is 4. The van der Waals surface area contributed by atoms with Crippen molar-refractivity contribution in [3.63, 3.8) is 0 Å². The SMILES string of the molecule is C#CCN(CC)CC1CSCCN1. The Kier molecular flexibility index (Phi) is 5.29. The Morgan fingerprint density at radius 3 is 3.08 bits per heavy atom. The van der Waals surface area contributed by atoms with Gasteiger partial charge in [0, 0.05) is 30.6 Å². The molecule has 1 fully saturated rings. The first-order valence-electron chi connectivity index (χ1n) is 4.83. The molecular formula is C10H18N2S. The van der Waals surface area contributed by atoms with Crippen molar-refractivity contribution in [1.29, 1.82) is 0 Å². The second-order valence-electron chi connectivity index (χ2n) is 3.26. The fourth-order valence-electron chi connectivity index (χ4n) is 1.48. The van der Waals surface area contributed by atoms with Gasteiger partial charge in [-0.2, -0.15) is 11.8 Å². The average Bonchev–Trinajstić information content (AvgIpc) is 2.19. The summed E-state index contributed by atoms with van der Waals surface area (Å²) in [5.41, 5.74) is 0. The zero-order valence-electron chi connectivity index (χ0n) is 8.25. The molecule has 0 aromatic rings. The summed E-state index contributed by atoms with van der Waals surface area (Å²) in [6.07, 6.45) is 5.29. The predicted octanol–water partition coefficient (Wildman–Crippen LogP) is 0.646. The Hall–Kier alpha value is -0.170. The second-order valence-corrected chi connectivity index (χ2v) is 4.41. The van der Waals surface area contributed by atoms with E-state index in [-0.39, 0.29) is 0 Å². The summed E-state index contributed by atoms with van der Waals surface area (Å²) >= 11 is 2.03. The molecule has 1 rings (SSSR count). The highest BCUT2D eigenvalue weighted by Gasteiger charge is 2.15. The molecule has 1 aliphatic rings. The van der Waals surface area contributed by atoms with Crippen LogP contribution in [0.3, 0.4) is 0 Å². The van der Waals surface area contributed by atoms with Crippen LogP contribution in [0.2, 0.25) is 0 Å². The number of hydrogen-bond acceptors (Lipinski definition) is 3. The van der Waals surface area contributed by atoms with Crippen LogP contribution in [0, 0.1) is 12.3 Å². The van der Waals surface area contributed by atoms with Crippen molar-refractivity contribution in [2.24, 2.45) is 0 Å². The minimum atomic E-state index is 0.632. The van der Waals surface area contributed by atoms with Gasteiger partial charge in [0.15, 0.2) is 0 Å². The number of hydrogen-bond donors (Lipinski definition) is 1. The maximum Gasteiger partial charge on any atom is 0.0599 e. The zero-order valence-corrected chi connectivity index (χ0v) is 9.07. The third-order valence-corrected chi connectivity index (χ3v) is 3.37. The van der Waals surface area contributed by atoms with Gasteiger partial charge in [0.2, 0.25) is 0 Å².